The highest BCUT2D eigenvalue weighted by Crippen LogP contribution is 2.10. The van der Waals surface area contributed by atoms with E-state index >= 15 is 0 Å². The highest BCUT2D eigenvalue weighted by atomic mass is 16.5. The SMILES string of the molecule is CCN(COC(=O)/C=C\C(=O)OCN(CC)C(C)C(C)C)C(C)C(C)C. The van der Waals surface area contributed by atoms with Crippen molar-refractivity contribution >= 4 is 11.9 Å². The summed E-state index contributed by atoms with van der Waals surface area (Å²) in [5, 5.41) is 0. The molecule has 0 saturated heterocycles. The molecule has 0 aliphatic carbocycles. The maximum atomic E-state index is 11.8. The van der Waals surface area contributed by atoms with E-state index in [0.29, 0.717) is 23.9 Å². The largest absolute Gasteiger partial charge is 0.446 e. The van der Waals surface area contributed by atoms with Crippen molar-refractivity contribution in [2.75, 3.05) is 26.6 Å². The van der Waals surface area contributed by atoms with Crippen LogP contribution in [0.1, 0.15) is 55.4 Å². The van der Waals surface area contributed by atoms with Crippen molar-refractivity contribution in [3.8, 4) is 0 Å². The number of ether oxygens (including phenoxy) is 2. The fourth-order valence-electron chi connectivity index (χ4n) is 2.36. The van der Waals surface area contributed by atoms with Gasteiger partial charge in [0.25, 0.3) is 0 Å². The van der Waals surface area contributed by atoms with E-state index < -0.39 is 11.9 Å². The Bertz CT molecular complexity index is 409. The molecule has 0 aliphatic rings. The molecule has 0 radical (unpaired) electrons. The maximum absolute atomic E-state index is 11.8. The van der Waals surface area contributed by atoms with E-state index in [-0.39, 0.29) is 13.5 Å². The lowest BCUT2D eigenvalue weighted by Gasteiger charge is -2.29. The van der Waals surface area contributed by atoms with Gasteiger partial charge in [-0.3, -0.25) is 9.80 Å². The molecule has 0 bridgehead atoms. The predicted octanol–water partition coefficient (Wildman–Crippen LogP) is 3.28. The van der Waals surface area contributed by atoms with E-state index in [1.54, 1.807) is 0 Å². The van der Waals surface area contributed by atoms with Crippen molar-refractivity contribution in [1.29, 1.82) is 0 Å². The second kappa shape index (κ2) is 12.9. The van der Waals surface area contributed by atoms with Gasteiger partial charge >= 0.3 is 11.9 Å². The molecule has 0 aromatic carbocycles. The third-order valence-corrected chi connectivity index (χ3v) is 4.99. The van der Waals surface area contributed by atoms with Crippen LogP contribution in [0.15, 0.2) is 12.2 Å². The van der Waals surface area contributed by atoms with E-state index in [4.69, 9.17) is 9.47 Å². The van der Waals surface area contributed by atoms with Gasteiger partial charge in [0.2, 0.25) is 0 Å². The third kappa shape index (κ3) is 9.34. The van der Waals surface area contributed by atoms with Crippen molar-refractivity contribution < 1.29 is 19.1 Å². The predicted molar refractivity (Wildman–Crippen MR) is 104 cm³/mol. The van der Waals surface area contributed by atoms with Gasteiger partial charge in [-0.15, -0.1) is 0 Å². The minimum Gasteiger partial charge on any atom is -0.446 e. The van der Waals surface area contributed by atoms with E-state index in [2.05, 4.69) is 51.3 Å². The van der Waals surface area contributed by atoms with Crippen LogP contribution in [-0.2, 0) is 19.1 Å². The average Bonchev–Trinajstić information content (AvgIpc) is 2.60. The van der Waals surface area contributed by atoms with E-state index in [9.17, 15) is 9.59 Å². The van der Waals surface area contributed by atoms with Crippen LogP contribution >= 0.6 is 0 Å². The number of carbonyl (C=O) groups is 2. The molecule has 2 atom stereocenters. The van der Waals surface area contributed by atoms with E-state index in [1.165, 1.54) is 0 Å². The number of hydrogen-bond acceptors (Lipinski definition) is 6. The summed E-state index contributed by atoms with van der Waals surface area (Å²) in [6.45, 7) is 18.8. The number of rotatable bonds is 12. The summed E-state index contributed by atoms with van der Waals surface area (Å²) < 4.78 is 10.4. The van der Waals surface area contributed by atoms with Crippen LogP contribution < -0.4 is 0 Å². The van der Waals surface area contributed by atoms with Crippen molar-refractivity contribution in [2.24, 2.45) is 11.8 Å². The van der Waals surface area contributed by atoms with Gasteiger partial charge in [0.1, 0.15) is 13.5 Å². The summed E-state index contributed by atoms with van der Waals surface area (Å²) in [5.74, 6) is -0.152. The molecule has 0 fully saturated rings. The zero-order valence-corrected chi connectivity index (χ0v) is 17.8. The molecule has 0 heterocycles. The average molecular weight is 371 g/mol. The summed E-state index contributed by atoms with van der Waals surface area (Å²) in [5.41, 5.74) is 0. The number of nitrogens with zero attached hydrogens (tertiary/aromatic N) is 2. The van der Waals surface area contributed by atoms with Gasteiger partial charge in [0.15, 0.2) is 0 Å². The Kier molecular flexibility index (Phi) is 12.2. The van der Waals surface area contributed by atoms with Gasteiger partial charge in [-0.25, -0.2) is 9.59 Å². The first-order valence-electron chi connectivity index (χ1n) is 9.63. The molecular weight excluding hydrogens is 332 g/mol. The summed E-state index contributed by atoms with van der Waals surface area (Å²) in [4.78, 5) is 27.7. The van der Waals surface area contributed by atoms with Gasteiger partial charge in [0.05, 0.1) is 0 Å². The standard InChI is InChI=1S/C20H38N2O4/c1-9-21(17(7)15(3)4)13-25-19(23)11-12-20(24)26-14-22(10-2)18(8)16(5)6/h11-12,15-18H,9-10,13-14H2,1-8H3/b12-11-. The van der Waals surface area contributed by atoms with Crippen molar-refractivity contribution in [1.82, 2.24) is 9.80 Å². The minimum atomic E-state index is -0.542. The highest BCUT2D eigenvalue weighted by Gasteiger charge is 2.17. The van der Waals surface area contributed by atoms with E-state index in [1.807, 2.05) is 13.8 Å². The molecule has 0 saturated carbocycles. The molecule has 6 heteroatoms. The lowest BCUT2D eigenvalue weighted by atomic mass is 10.1. The Balaban J connectivity index is 4.36. The second-order valence-electron chi connectivity index (χ2n) is 7.30. The molecule has 2 unspecified atom stereocenters. The molecule has 0 rings (SSSR count). The quantitative estimate of drug-likeness (QED) is 0.298. The van der Waals surface area contributed by atoms with Gasteiger partial charge < -0.3 is 9.47 Å². The summed E-state index contributed by atoms with van der Waals surface area (Å²) >= 11 is 0. The fourth-order valence-corrected chi connectivity index (χ4v) is 2.36. The minimum absolute atomic E-state index is 0.212. The Morgan fingerprint density at radius 3 is 1.27 bits per heavy atom. The lowest BCUT2D eigenvalue weighted by molar-refractivity contribution is -0.146. The van der Waals surface area contributed by atoms with Crippen LogP contribution in [0.3, 0.4) is 0 Å². The Morgan fingerprint density at radius 2 is 1.04 bits per heavy atom. The van der Waals surface area contributed by atoms with Crippen molar-refractivity contribution in [3.63, 3.8) is 0 Å². The smallest absolute Gasteiger partial charge is 0.332 e. The van der Waals surface area contributed by atoms with Gasteiger partial charge in [-0.05, 0) is 38.8 Å². The normalized spacial score (nSPS) is 14.5. The Morgan fingerprint density at radius 1 is 0.731 bits per heavy atom. The zero-order valence-electron chi connectivity index (χ0n) is 17.8. The van der Waals surface area contributed by atoms with Gasteiger partial charge in [-0.1, -0.05) is 41.5 Å². The molecule has 0 aliphatic heterocycles. The van der Waals surface area contributed by atoms with Crippen LogP contribution in [0, 0.1) is 11.8 Å². The number of esters is 2. The topological polar surface area (TPSA) is 59.1 Å². The van der Waals surface area contributed by atoms with Crippen LogP contribution in [0.5, 0.6) is 0 Å². The molecular formula is C20H38N2O4. The van der Waals surface area contributed by atoms with Crippen LogP contribution in [0.4, 0.5) is 0 Å². The Hall–Kier alpha value is -1.40. The molecule has 0 aromatic heterocycles. The third-order valence-electron chi connectivity index (χ3n) is 4.99. The van der Waals surface area contributed by atoms with E-state index in [0.717, 1.165) is 25.2 Å². The van der Waals surface area contributed by atoms with Crippen molar-refractivity contribution in [3.05, 3.63) is 12.2 Å². The fraction of sp³-hybridized carbons (Fsp3) is 0.800. The second-order valence-corrected chi connectivity index (χ2v) is 7.30. The molecule has 26 heavy (non-hydrogen) atoms. The Labute approximate surface area is 159 Å². The van der Waals surface area contributed by atoms with Gasteiger partial charge in [-0.2, -0.15) is 0 Å². The number of carbonyl (C=O) groups excluding carboxylic acids is 2. The molecule has 6 nitrogen and oxygen atoms in total. The summed E-state index contributed by atoms with van der Waals surface area (Å²) in [7, 11) is 0. The lowest BCUT2D eigenvalue weighted by Crippen LogP contribution is -2.39. The highest BCUT2D eigenvalue weighted by molar-refractivity contribution is 5.91. The first-order chi connectivity index (χ1) is 12.1. The van der Waals surface area contributed by atoms with Crippen LogP contribution in [0.2, 0.25) is 0 Å². The zero-order chi connectivity index (χ0) is 20.3. The molecule has 0 N–H and O–H groups in total. The van der Waals surface area contributed by atoms with Crippen LogP contribution in [0.25, 0.3) is 0 Å². The first-order valence-corrected chi connectivity index (χ1v) is 9.63. The molecule has 152 valence electrons. The molecule has 0 amide bonds. The summed E-state index contributed by atoms with van der Waals surface area (Å²) in [6.07, 6.45) is 2.25. The van der Waals surface area contributed by atoms with Crippen molar-refractivity contribution in [2.45, 2.75) is 67.5 Å². The first kappa shape index (κ1) is 24.6. The maximum Gasteiger partial charge on any atom is 0.332 e. The van der Waals surface area contributed by atoms with Crippen LogP contribution in [-0.4, -0.2) is 60.4 Å². The molecule has 0 spiro atoms. The monoisotopic (exact) mass is 370 g/mol. The van der Waals surface area contributed by atoms with Gasteiger partial charge in [0, 0.05) is 24.2 Å². The summed E-state index contributed by atoms with van der Waals surface area (Å²) in [6, 6.07) is 0.620. The molecule has 0 aromatic rings. The number of hydrogen-bond donors (Lipinski definition) is 0.